The number of hydrogen-bond donors (Lipinski definition) is 3. The van der Waals surface area contributed by atoms with Crippen LogP contribution in [0.5, 0.6) is 0 Å². The molecule has 0 fully saturated rings. The van der Waals surface area contributed by atoms with Crippen molar-refractivity contribution in [3.63, 3.8) is 0 Å². The van der Waals surface area contributed by atoms with Crippen molar-refractivity contribution in [3.8, 4) is 34.0 Å². The van der Waals surface area contributed by atoms with Crippen molar-refractivity contribution in [1.29, 1.82) is 0 Å². The zero-order valence-electron chi connectivity index (χ0n) is 18.8. The lowest BCUT2D eigenvalue weighted by molar-refractivity contribution is 0.521. The predicted molar refractivity (Wildman–Crippen MR) is 132 cm³/mol. The van der Waals surface area contributed by atoms with Gasteiger partial charge in [-0.2, -0.15) is 0 Å². The van der Waals surface area contributed by atoms with Crippen molar-refractivity contribution < 1.29 is 21.6 Å². The molecular formula is C25H17F3N6O2S. The van der Waals surface area contributed by atoms with Gasteiger partial charge in [-0.1, -0.05) is 42.5 Å². The number of aromatic nitrogens is 4. The minimum atomic E-state index is -4.81. The molecule has 0 saturated carbocycles. The van der Waals surface area contributed by atoms with E-state index in [0.717, 1.165) is 24.3 Å². The molecule has 0 saturated heterocycles. The highest BCUT2D eigenvalue weighted by molar-refractivity contribution is 7.92. The average Bonchev–Trinajstić information content (AvgIpc) is 3.31. The third kappa shape index (κ3) is 4.61. The Bertz CT molecular complexity index is 1710. The number of nitrogens with one attached hydrogen (secondary N) is 2. The van der Waals surface area contributed by atoms with Crippen LogP contribution in [0.3, 0.4) is 0 Å². The fraction of sp³-hybridized carbons (Fsp3) is 0. The Morgan fingerprint density at radius 3 is 2.24 bits per heavy atom. The van der Waals surface area contributed by atoms with Crippen LogP contribution < -0.4 is 10.5 Å². The Balaban J connectivity index is 1.64. The van der Waals surface area contributed by atoms with Gasteiger partial charge in [0.1, 0.15) is 23.2 Å². The van der Waals surface area contributed by atoms with Crippen molar-refractivity contribution in [3.05, 3.63) is 96.4 Å². The van der Waals surface area contributed by atoms with Crippen LogP contribution in [0.25, 0.3) is 34.0 Å². The molecule has 5 aromatic rings. The number of nitrogens with zero attached hydrogens (tertiary/aromatic N) is 3. The molecule has 0 aliphatic carbocycles. The van der Waals surface area contributed by atoms with Gasteiger partial charge in [-0.3, -0.25) is 4.72 Å². The van der Waals surface area contributed by atoms with Gasteiger partial charge in [0, 0.05) is 17.3 Å². The summed E-state index contributed by atoms with van der Waals surface area (Å²) >= 11 is 0. The number of imidazole rings is 1. The standard InChI is InChI=1S/C25H17F3N6O2S/c26-16-9-5-10-17(27)23(16)37(35,36)34-18-11-4-8-15(20(18)28)21-22(19-12-13-30-25(29)31-19)33-24(32-21)14-6-2-1-3-7-14/h1-13,34H,(H,32,33)(H2,29,30,31). The smallest absolute Gasteiger partial charge is 0.267 e. The molecule has 37 heavy (non-hydrogen) atoms. The van der Waals surface area contributed by atoms with Crippen LogP contribution in [0.2, 0.25) is 0 Å². The summed E-state index contributed by atoms with van der Waals surface area (Å²) in [5.41, 5.74) is 6.53. The summed E-state index contributed by atoms with van der Waals surface area (Å²) < 4.78 is 71.5. The highest BCUT2D eigenvalue weighted by Crippen LogP contribution is 2.36. The van der Waals surface area contributed by atoms with Crippen molar-refractivity contribution in [2.45, 2.75) is 4.90 Å². The van der Waals surface area contributed by atoms with Gasteiger partial charge < -0.3 is 10.7 Å². The zero-order chi connectivity index (χ0) is 26.2. The van der Waals surface area contributed by atoms with Crippen molar-refractivity contribution in [2.24, 2.45) is 0 Å². The average molecular weight is 523 g/mol. The number of sulfonamides is 1. The van der Waals surface area contributed by atoms with E-state index in [2.05, 4.69) is 19.9 Å². The monoisotopic (exact) mass is 522 g/mol. The van der Waals surface area contributed by atoms with E-state index < -0.39 is 38.1 Å². The molecule has 5 rings (SSSR count). The molecule has 2 aromatic heterocycles. The van der Waals surface area contributed by atoms with Gasteiger partial charge in [0.25, 0.3) is 10.0 Å². The highest BCUT2D eigenvalue weighted by atomic mass is 32.2. The molecule has 0 atom stereocenters. The maximum atomic E-state index is 15.8. The summed E-state index contributed by atoms with van der Waals surface area (Å²) in [5.74, 6) is -3.27. The molecule has 3 aromatic carbocycles. The molecule has 2 heterocycles. The Kier molecular flexibility index (Phi) is 6.09. The molecule has 12 heteroatoms. The first-order valence-corrected chi connectivity index (χ1v) is 12.2. The van der Waals surface area contributed by atoms with Crippen LogP contribution in [0.1, 0.15) is 0 Å². The number of nitrogens with two attached hydrogens (primary N) is 1. The topological polar surface area (TPSA) is 127 Å². The van der Waals surface area contributed by atoms with Gasteiger partial charge >= 0.3 is 0 Å². The fourth-order valence-corrected chi connectivity index (χ4v) is 4.93. The van der Waals surface area contributed by atoms with Gasteiger partial charge in [-0.15, -0.1) is 0 Å². The molecule has 0 spiro atoms. The lowest BCUT2D eigenvalue weighted by Crippen LogP contribution is -2.17. The van der Waals surface area contributed by atoms with Crippen LogP contribution in [0.4, 0.5) is 24.8 Å². The lowest BCUT2D eigenvalue weighted by Gasteiger charge is -2.12. The summed E-state index contributed by atoms with van der Waals surface area (Å²) in [4.78, 5) is 14.5. The quantitative estimate of drug-likeness (QED) is 0.288. The maximum Gasteiger partial charge on any atom is 0.267 e. The summed E-state index contributed by atoms with van der Waals surface area (Å²) in [6.07, 6.45) is 1.42. The van der Waals surface area contributed by atoms with Gasteiger partial charge in [0.05, 0.1) is 17.1 Å². The number of H-pyrrole nitrogens is 1. The molecular weight excluding hydrogens is 505 g/mol. The number of nitrogen functional groups attached to an aromatic ring is 1. The van der Waals surface area contributed by atoms with E-state index in [1.165, 1.54) is 18.3 Å². The Labute approximate surface area is 209 Å². The lowest BCUT2D eigenvalue weighted by atomic mass is 10.1. The normalized spacial score (nSPS) is 11.4. The first-order valence-electron chi connectivity index (χ1n) is 10.7. The number of halogens is 3. The van der Waals surface area contributed by atoms with Crippen molar-refractivity contribution >= 4 is 21.7 Å². The minimum absolute atomic E-state index is 0.0202. The predicted octanol–water partition coefficient (Wildman–Crippen LogP) is 5.00. The van der Waals surface area contributed by atoms with Gasteiger partial charge in [-0.25, -0.2) is 36.5 Å². The molecule has 0 amide bonds. The molecule has 186 valence electrons. The van der Waals surface area contributed by atoms with Crippen LogP contribution in [-0.4, -0.2) is 28.4 Å². The number of rotatable bonds is 6. The largest absolute Gasteiger partial charge is 0.368 e. The molecule has 4 N–H and O–H groups in total. The maximum absolute atomic E-state index is 15.8. The molecule has 0 aliphatic heterocycles. The van der Waals surface area contributed by atoms with Crippen LogP contribution >= 0.6 is 0 Å². The highest BCUT2D eigenvalue weighted by Gasteiger charge is 2.27. The van der Waals surface area contributed by atoms with E-state index >= 15 is 4.39 Å². The fourth-order valence-electron chi connectivity index (χ4n) is 3.73. The molecule has 0 radical (unpaired) electrons. The first kappa shape index (κ1) is 24.0. The van der Waals surface area contributed by atoms with Crippen molar-refractivity contribution in [1.82, 2.24) is 19.9 Å². The third-order valence-electron chi connectivity index (χ3n) is 5.37. The number of anilines is 2. The first-order chi connectivity index (χ1) is 17.7. The van der Waals surface area contributed by atoms with E-state index in [9.17, 15) is 17.2 Å². The van der Waals surface area contributed by atoms with Crippen LogP contribution in [0.15, 0.2) is 83.9 Å². The van der Waals surface area contributed by atoms with E-state index in [1.54, 1.807) is 30.3 Å². The summed E-state index contributed by atoms with van der Waals surface area (Å²) in [6, 6.07) is 17.1. The summed E-state index contributed by atoms with van der Waals surface area (Å²) in [6.45, 7) is 0. The Morgan fingerprint density at radius 1 is 0.838 bits per heavy atom. The van der Waals surface area contributed by atoms with Crippen LogP contribution in [0, 0.1) is 17.5 Å². The van der Waals surface area contributed by atoms with Gasteiger partial charge in [0.15, 0.2) is 10.7 Å². The number of aromatic amines is 1. The van der Waals surface area contributed by atoms with E-state index in [1.807, 2.05) is 10.8 Å². The van der Waals surface area contributed by atoms with E-state index in [-0.39, 0.29) is 17.2 Å². The van der Waals surface area contributed by atoms with E-state index in [0.29, 0.717) is 22.8 Å². The second-order valence-corrected chi connectivity index (χ2v) is 9.42. The molecule has 0 bridgehead atoms. The molecule has 0 aliphatic rings. The second-order valence-electron chi connectivity index (χ2n) is 7.80. The van der Waals surface area contributed by atoms with Crippen molar-refractivity contribution in [2.75, 3.05) is 10.5 Å². The summed E-state index contributed by atoms with van der Waals surface area (Å²) in [7, 11) is -4.81. The number of benzene rings is 3. The SMILES string of the molecule is Nc1nccc(-c2[nH]c(-c3ccccc3)nc2-c2cccc(NS(=O)(=O)c3c(F)cccc3F)c2F)n1. The minimum Gasteiger partial charge on any atom is -0.368 e. The van der Waals surface area contributed by atoms with Crippen LogP contribution in [-0.2, 0) is 10.0 Å². The second kappa shape index (κ2) is 9.39. The van der Waals surface area contributed by atoms with Gasteiger partial charge in [-0.05, 0) is 30.3 Å². The van der Waals surface area contributed by atoms with E-state index in [4.69, 9.17) is 5.73 Å². The van der Waals surface area contributed by atoms with Gasteiger partial charge in [0.2, 0.25) is 5.95 Å². The Morgan fingerprint density at radius 2 is 1.54 bits per heavy atom. The summed E-state index contributed by atoms with van der Waals surface area (Å²) in [5, 5.41) is 0. The molecule has 0 unspecified atom stereocenters. The number of hydrogen-bond acceptors (Lipinski definition) is 6. The third-order valence-corrected chi connectivity index (χ3v) is 6.78. The Hall–Kier alpha value is -4.71. The molecule has 8 nitrogen and oxygen atoms in total. The zero-order valence-corrected chi connectivity index (χ0v) is 19.6.